The summed E-state index contributed by atoms with van der Waals surface area (Å²) in [5.74, 6) is 0.752. The number of fused-ring (bicyclic) bond motifs is 2. The summed E-state index contributed by atoms with van der Waals surface area (Å²) in [6, 6.07) is 15.3. The van der Waals surface area contributed by atoms with Gasteiger partial charge in [0.1, 0.15) is 5.75 Å². The highest BCUT2D eigenvalue weighted by Gasteiger charge is 2.15. The average molecular weight is 337 g/mol. The van der Waals surface area contributed by atoms with E-state index in [9.17, 15) is 4.79 Å². The number of halogens is 1. The van der Waals surface area contributed by atoms with Crippen molar-refractivity contribution >= 4 is 38.6 Å². The summed E-state index contributed by atoms with van der Waals surface area (Å²) in [6.07, 6.45) is 3.52. The maximum absolute atomic E-state index is 11.8. The number of carbonyl (C=O) groups excluding carboxylic acids is 1. The lowest BCUT2D eigenvalue weighted by atomic mass is 10.1. The number of para-hydroxylation sites is 1. The molecular formula is C19H13ClN2O2. The molecule has 118 valence electrons. The average Bonchev–Trinajstić information content (AvgIpc) is 3.00. The van der Waals surface area contributed by atoms with Crippen molar-refractivity contribution in [3.63, 3.8) is 0 Å². The Balaban J connectivity index is 2.08. The number of benzene rings is 2. The molecule has 0 aliphatic carbocycles. The molecule has 0 aliphatic rings. The molecule has 0 bridgehead atoms. The molecule has 24 heavy (non-hydrogen) atoms. The summed E-state index contributed by atoms with van der Waals surface area (Å²) in [6.45, 7) is 0. The Morgan fingerprint density at radius 1 is 1.12 bits per heavy atom. The van der Waals surface area contributed by atoms with Crippen LogP contribution in [0.15, 0.2) is 60.9 Å². The van der Waals surface area contributed by atoms with Crippen LogP contribution in [0.3, 0.4) is 0 Å². The Labute approximate surface area is 143 Å². The van der Waals surface area contributed by atoms with Gasteiger partial charge in [-0.25, -0.2) is 0 Å². The fourth-order valence-corrected chi connectivity index (χ4v) is 3.13. The van der Waals surface area contributed by atoms with E-state index in [1.54, 1.807) is 19.5 Å². The molecule has 0 unspecified atom stereocenters. The molecule has 0 spiro atoms. The number of carbonyl (C=O) groups is 1. The van der Waals surface area contributed by atoms with Gasteiger partial charge in [-0.15, -0.1) is 0 Å². The minimum atomic E-state index is -0.471. The second-order valence-electron chi connectivity index (χ2n) is 5.42. The first-order valence-corrected chi connectivity index (χ1v) is 7.80. The van der Waals surface area contributed by atoms with E-state index in [4.69, 9.17) is 16.3 Å². The van der Waals surface area contributed by atoms with Gasteiger partial charge in [0.05, 0.1) is 29.4 Å². The maximum atomic E-state index is 11.8. The van der Waals surface area contributed by atoms with Crippen molar-refractivity contribution in [1.82, 2.24) is 9.55 Å². The van der Waals surface area contributed by atoms with Gasteiger partial charge in [0.15, 0.2) is 0 Å². The highest BCUT2D eigenvalue weighted by molar-refractivity contribution is 6.68. The minimum Gasteiger partial charge on any atom is -0.497 e. The van der Waals surface area contributed by atoms with Crippen LogP contribution in [0.1, 0.15) is 10.4 Å². The molecule has 2 aromatic carbocycles. The third kappa shape index (κ3) is 2.23. The summed E-state index contributed by atoms with van der Waals surface area (Å²) < 4.78 is 7.30. The van der Waals surface area contributed by atoms with Crippen molar-refractivity contribution in [3.05, 3.63) is 66.5 Å². The number of hydrogen-bond donors (Lipinski definition) is 0. The van der Waals surface area contributed by atoms with E-state index in [1.165, 1.54) is 0 Å². The van der Waals surface area contributed by atoms with Crippen LogP contribution in [0.5, 0.6) is 5.75 Å². The van der Waals surface area contributed by atoms with E-state index in [0.29, 0.717) is 5.56 Å². The number of aromatic nitrogens is 2. The number of hydrogen-bond acceptors (Lipinski definition) is 3. The van der Waals surface area contributed by atoms with Crippen LogP contribution in [0, 0.1) is 0 Å². The highest BCUT2D eigenvalue weighted by atomic mass is 35.5. The Bertz CT molecular complexity index is 1090. The third-order valence-corrected chi connectivity index (χ3v) is 4.31. The zero-order valence-electron chi connectivity index (χ0n) is 12.9. The summed E-state index contributed by atoms with van der Waals surface area (Å²) in [7, 11) is 1.63. The van der Waals surface area contributed by atoms with E-state index in [-0.39, 0.29) is 0 Å². The van der Waals surface area contributed by atoms with Crippen LogP contribution >= 0.6 is 11.6 Å². The van der Waals surface area contributed by atoms with Crippen molar-refractivity contribution in [2.45, 2.75) is 0 Å². The maximum Gasteiger partial charge on any atom is 0.254 e. The van der Waals surface area contributed by atoms with Crippen molar-refractivity contribution < 1.29 is 9.53 Å². The zero-order valence-corrected chi connectivity index (χ0v) is 13.6. The highest BCUT2D eigenvalue weighted by Crippen LogP contribution is 2.30. The molecule has 0 N–H and O–H groups in total. The SMILES string of the molecule is COc1ccc2nccc(-n3cc(C(=O)Cl)c4ccccc43)c2c1. The lowest BCUT2D eigenvalue weighted by Gasteiger charge is -2.10. The number of ether oxygens (including phenoxy) is 1. The molecule has 0 fully saturated rings. The molecule has 2 heterocycles. The molecular weight excluding hydrogens is 324 g/mol. The third-order valence-electron chi connectivity index (χ3n) is 4.11. The topological polar surface area (TPSA) is 44.1 Å². The Morgan fingerprint density at radius 3 is 2.75 bits per heavy atom. The normalized spacial score (nSPS) is 11.1. The van der Waals surface area contributed by atoms with Crippen molar-refractivity contribution in [1.29, 1.82) is 0 Å². The van der Waals surface area contributed by atoms with E-state index in [2.05, 4.69) is 4.98 Å². The number of pyridine rings is 1. The smallest absolute Gasteiger partial charge is 0.254 e. The zero-order chi connectivity index (χ0) is 16.7. The number of methoxy groups -OCH3 is 1. The number of rotatable bonds is 3. The first kappa shape index (κ1) is 14.7. The fourth-order valence-electron chi connectivity index (χ4n) is 2.98. The molecule has 4 rings (SSSR count). The molecule has 0 saturated heterocycles. The quantitative estimate of drug-likeness (QED) is 0.515. The van der Waals surface area contributed by atoms with Gasteiger partial charge in [0, 0.05) is 23.2 Å². The van der Waals surface area contributed by atoms with Gasteiger partial charge >= 0.3 is 0 Å². The van der Waals surface area contributed by atoms with Crippen LogP contribution in [-0.4, -0.2) is 21.9 Å². The summed E-state index contributed by atoms with van der Waals surface area (Å²) >= 11 is 5.76. The molecule has 4 nitrogen and oxygen atoms in total. The van der Waals surface area contributed by atoms with Crippen molar-refractivity contribution in [2.75, 3.05) is 7.11 Å². The van der Waals surface area contributed by atoms with Crippen LogP contribution < -0.4 is 4.74 Å². The first-order valence-electron chi connectivity index (χ1n) is 7.42. The van der Waals surface area contributed by atoms with E-state index >= 15 is 0 Å². The first-order chi connectivity index (χ1) is 11.7. The van der Waals surface area contributed by atoms with Gasteiger partial charge in [-0.05, 0) is 41.9 Å². The molecule has 5 heteroatoms. The fraction of sp³-hybridized carbons (Fsp3) is 0.0526. The van der Waals surface area contributed by atoms with Crippen molar-refractivity contribution in [3.8, 4) is 11.4 Å². The van der Waals surface area contributed by atoms with Crippen LogP contribution in [-0.2, 0) is 0 Å². The van der Waals surface area contributed by atoms with Gasteiger partial charge in [-0.2, -0.15) is 0 Å². The molecule has 0 amide bonds. The lowest BCUT2D eigenvalue weighted by Crippen LogP contribution is -1.95. The van der Waals surface area contributed by atoms with Crippen LogP contribution in [0.4, 0.5) is 0 Å². The standard InChI is InChI=1S/C19H13ClN2O2/c1-24-12-6-7-16-14(10-12)18(8-9-21-16)22-11-15(19(20)23)13-4-2-3-5-17(13)22/h2-11H,1H3. The Kier molecular flexibility index (Phi) is 3.47. The van der Waals surface area contributed by atoms with E-state index in [0.717, 1.165) is 33.2 Å². The predicted molar refractivity (Wildman–Crippen MR) is 95.3 cm³/mol. The van der Waals surface area contributed by atoms with Crippen LogP contribution in [0.25, 0.3) is 27.5 Å². The summed E-state index contributed by atoms with van der Waals surface area (Å²) in [5.41, 5.74) is 3.17. The van der Waals surface area contributed by atoms with Crippen molar-refractivity contribution in [2.24, 2.45) is 0 Å². The monoisotopic (exact) mass is 336 g/mol. The second-order valence-corrected chi connectivity index (χ2v) is 5.76. The van der Waals surface area contributed by atoms with Gasteiger partial charge in [0.25, 0.3) is 5.24 Å². The molecule has 0 radical (unpaired) electrons. The largest absolute Gasteiger partial charge is 0.497 e. The van der Waals surface area contributed by atoms with Gasteiger partial charge < -0.3 is 9.30 Å². The van der Waals surface area contributed by atoms with E-state index < -0.39 is 5.24 Å². The molecule has 0 saturated carbocycles. The second kappa shape index (κ2) is 5.65. The summed E-state index contributed by atoms with van der Waals surface area (Å²) in [4.78, 5) is 16.2. The predicted octanol–water partition coefficient (Wildman–Crippen LogP) is 4.57. The lowest BCUT2D eigenvalue weighted by molar-refractivity contribution is 0.108. The molecule has 4 aromatic rings. The van der Waals surface area contributed by atoms with Gasteiger partial charge in [0.2, 0.25) is 0 Å². The molecule has 0 atom stereocenters. The Morgan fingerprint density at radius 2 is 1.96 bits per heavy atom. The minimum absolute atomic E-state index is 0.471. The van der Waals surface area contributed by atoms with Gasteiger partial charge in [-0.3, -0.25) is 9.78 Å². The van der Waals surface area contributed by atoms with Crippen LogP contribution in [0.2, 0.25) is 0 Å². The van der Waals surface area contributed by atoms with Gasteiger partial charge in [-0.1, -0.05) is 18.2 Å². The van der Waals surface area contributed by atoms with E-state index in [1.807, 2.05) is 53.1 Å². The molecule has 2 aromatic heterocycles. The summed E-state index contributed by atoms with van der Waals surface area (Å²) in [5, 5.41) is 1.29. The Hall–Kier alpha value is -2.85. The number of nitrogens with zero attached hydrogens (tertiary/aromatic N) is 2. The molecule has 0 aliphatic heterocycles.